The smallest absolute Gasteiger partial charge is 0.238 e. The van der Waals surface area contributed by atoms with Crippen molar-refractivity contribution in [2.45, 2.75) is 17.7 Å². The molecule has 0 radical (unpaired) electrons. The van der Waals surface area contributed by atoms with Crippen molar-refractivity contribution in [1.29, 1.82) is 5.41 Å². The van der Waals surface area contributed by atoms with Gasteiger partial charge in [0, 0.05) is 5.56 Å². The molecule has 6 nitrogen and oxygen atoms in total. The molecule has 5 N–H and O–H groups in total. The van der Waals surface area contributed by atoms with Gasteiger partial charge in [-0.25, -0.2) is 13.6 Å². The summed E-state index contributed by atoms with van der Waals surface area (Å²) in [7, 11) is -3.97. The number of nitrogens with two attached hydrogens (primary N) is 2. The molecule has 1 heterocycles. The van der Waals surface area contributed by atoms with Crippen LogP contribution in [0.25, 0.3) is 11.1 Å². The zero-order chi connectivity index (χ0) is 16.6. The van der Waals surface area contributed by atoms with Gasteiger partial charge in [0.05, 0.1) is 11.5 Å². The van der Waals surface area contributed by atoms with E-state index in [1.807, 2.05) is 18.2 Å². The number of fused-ring (bicyclic) bond motifs is 1. The fourth-order valence-corrected chi connectivity index (χ4v) is 3.59. The Kier molecular flexibility index (Phi) is 3.83. The van der Waals surface area contributed by atoms with Crippen molar-refractivity contribution in [2.75, 3.05) is 6.61 Å². The molecule has 0 fully saturated rings. The van der Waals surface area contributed by atoms with Crippen molar-refractivity contribution in [3.63, 3.8) is 0 Å². The first-order valence-electron chi connectivity index (χ1n) is 7.14. The number of primary sulfonamides is 1. The lowest BCUT2D eigenvalue weighted by molar-refractivity contribution is 0.288. The molecular weight excluding hydrogens is 314 g/mol. The second kappa shape index (κ2) is 5.68. The van der Waals surface area contributed by atoms with Crippen molar-refractivity contribution >= 4 is 15.9 Å². The van der Waals surface area contributed by atoms with E-state index in [0.29, 0.717) is 12.2 Å². The summed E-state index contributed by atoms with van der Waals surface area (Å²) in [5, 5.41) is 13.0. The molecule has 0 aliphatic carbocycles. The number of benzene rings is 2. The Morgan fingerprint density at radius 1 is 1.22 bits per heavy atom. The predicted octanol–water partition coefficient (Wildman–Crippen LogP) is 1.61. The van der Waals surface area contributed by atoms with Gasteiger partial charge in [0.25, 0.3) is 0 Å². The Balaban J connectivity index is 2.22. The number of sulfonamides is 1. The average molecular weight is 331 g/mol. The summed E-state index contributed by atoms with van der Waals surface area (Å²) in [6.45, 7) is 0.700. The topological polar surface area (TPSA) is 119 Å². The summed E-state index contributed by atoms with van der Waals surface area (Å²) in [6, 6.07) is 10.3. The molecule has 0 bridgehead atoms. The van der Waals surface area contributed by atoms with Crippen molar-refractivity contribution in [2.24, 2.45) is 10.9 Å². The van der Waals surface area contributed by atoms with Gasteiger partial charge in [0.2, 0.25) is 10.0 Å². The highest BCUT2D eigenvalue weighted by atomic mass is 32.2. The lowest BCUT2D eigenvalue weighted by Crippen LogP contribution is -2.21. The minimum absolute atomic E-state index is 0.131. The number of hydrogen-bond donors (Lipinski definition) is 3. The monoisotopic (exact) mass is 331 g/mol. The normalized spacial score (nSPS) is 14.0. The highest BCUT2D eigenvalue weighted by Crippen LogP contribution is 2.33. The van der Waals surface area contributed by atoms with Crippen molar-refractivity contribution < 1.29 is 13.2 Å². The SMILES string of the molecule is N=C(N)c1c(-c2ccc3c(c2)CCCO3)cccc1S(N)(=O)=O. The first-order chi connectivity index (χ1) is 10.9. The molecule has 23 heavy (non-hydrogen) atoms. The van der Waals surface area contributed by atoms with Crippen LogP contribution in [0.15, 0.2) is 41.3 Å². The summed E-state index contributed by atoms with van der Waals surface area (Å²) in [6.07, 6.45) is 1.83. The molecule has 2 aromatic carbocycles. The third kappa shape index (κ3) is 2.93. The molecule has 0 saturated heterocycles. The van der Waals surface area contributed by atoms with Crippen LogP contribution in [-0.2, 0) is 16.4 Å². The van der Waals surface area contributed by atoms with Crippen LogP contribution in [0.1, 0.15) is 17.5 Å². The van der Waals surface area contributed by atoms with Gasteiger partial charge in [-0.05, 0) is 47.7 Å². The first-order valence-corrected chi connectivity index (χ1v) is 8.69. The Labute approximate surface area is 134 Å². The lowest BCUT2D eigenvalue weighted by Gasteiger charge is -2.19. The molecule has 120 valence electrons. The minimum atomic E-state index is -3.97. The van der Waals surface area contributed by atoms with Gasteiger partial charge in [0.1, 0.15) is 11.6 Å². The molecule has 0 amide bonds. The zero-order valence-electron chi connectivity index (χ0n) is 12.4. The van der Waals surface area contributed by atoms with Crippen LogP contribution in [0.2, 0.25) is 0 Å². The van der Waals surface area contributed by atoms with Gasteiger partial charge in [-0.1, -0.05) is 18.2 Å². The first kappa shape index (κ1) is 15.5. The number of nitrogen functional groups attached to an aromatic ring is 1. The molecular formula is C16H17N3O3S. The van der Waals surface area contributed by atoms with E-state index in [0.717, 1.165) is 29.7 Å². The third-order valence-electron chi connectivity index (χ3n) is 3.82. The fraction of sp³-hybridized carbons (Fsp3) is 0.188. The maximum Gasteiger partial charge on any atom is 0.238 e. The highest BCUT2D eigenvalue weighted by Gasteiger charge is 2.21. The fourth-order valence-electron chi connectivity index (χ4n) is 2.81. The number of amidine groups is 1. The summed E-state index contributed by atoms with van der Waals surface area (Å²) in [5.41, 5.74) is 8.17. The van der Waals surface area contributed by atoms with Crippen LogP contribution in [0.4, 0.5) is 0 Å². The number of rotatable bonds is 3. The Morgan fingerprint density at radius 3 is 2.70 bits per heavy atom. The summed E-state index contributed by atoms with van der Waals surface area (Å²) in [4.78, 5) is -0.142. The van der Waals surface area contributed by atoms with Crippen molar-refractivity contribution in [3.05, 3.63) is 47.5 Å². The van der Waals surface area contributed by atoms with Crippen LogP contribution < -0.4 is 15.6 Å². The Hall–Kier alpha value is -2.38. The van der Waals surface area contributed by atoms with E-state index in [1.165, 1.54) is 6.07 Å². The molecule has 3 rings (SSSR count). The Bertz CT molecular complexity index is 891. The second-order valence-corrected chi connectivity index (χ2v) is 6.94. The predicted molar refractivity (Wildman–Crippen MR) is 88.1 cm³/mol. The largest absolute Gasteiger partial charge is 0.493 e. The van der Waals surface area contributed by atoms with Crippen molar-refractivity contribution in [3.8, 4) is 16.9 Å². The molecule has 7 heteroatoms. The number of hydrogen-bond acceptors (Lipinski definition) is 4. The lowest BCUT2D eigenvalue weighted by atomic mass is 9.95. The maximum absolute atomic E-state index is 11.8. The Morgan fingerprint density at radius 2 is 2.00 bits per heavy atom. The van der Waals surface area contributed by atoms with Gasteiger partial charge in [-0.15, -0.1) is 0 Å². The van der Waals surface area contributed by atoms with Crippen LogP contribution in [-0.4, -0.2) is 20.9 Å². The molecule has 0 unspecified atom stereocenters. The van der Waals surface area contributed by atoms with Crippen LogP contribution in [0.5, 0.6) is 5.75 Å². The molecule has 1 aliphatic rings. The van der Waals surface area contributed by atoms with Gasteiger partial charge in [0.15, 0.2) is 0 Å². The standard InChI is InChI=1S/C16H17N3O3S/c17-16(18)15-12(4-1-5-14(15)23(19,20)21)10-6-7-13-11(9-10)3-2-8-22-13/h1,4-7,9H,2-3,8H2,(H3,17,18)(H2,19,20,21). The van der Waals surface area contributed by atoms with Crippen LogP contribution in [0, 0.1) is 5.41 Å². The highest BCUT2D eigenvalue weighted by molar-refractivity contribution is 7.89. The van der Waals surface area contributed by atoms with Gasteiger partial charge in [-0.3, -0.25) is 5.41 Å². The second-order valence-electron chi connectivity index (χ2n) is 5.41. The average Bonchev–Trinajstić information content (AvgIpc) is 2.52. The number of aryl methyl sites for hydroxylation is 1. The van der Waals surface area contributed by atoms with Crippen LogP contribution >= 0.6 is 0 Å². The van der Waals surface area contributed by atoms with Gasteiger partial charge >= 0.3 is 0 Å². The minimum Gasteiger partial charge on any atom is -0.493 e. The summed E-state index contributed by atoms with van der Waals surface area (Å²) >= 11 is 0. The van der Waals surface area contributed by atoms with E-state index >= 15 is 0 Å². The molecule has 0 spiro atoms. The zero-order valence-corrected chi connectivity index (χ0v) is 13.2. The van der Waals surface area contributed by atoms with Crippen LogP contribution in [0.3, 0.4) is 0 Å². The molecule has 0 atom stereocenters. The van der Waals surface area contributed by atoms with E-state index < -0.39 is 10.0 Å². The molecule has 2 aromatic rings. The van der Waals surface area contributed by atoms with E-state index in [-0.39, 0.29) is 16.3 Å². The van der Waals surface area contributed by atoms with E-state index in [1.54, 1.807) is 12.1 Å². The molecule has 1 aliphatic heterocycles. The number of nitrogens with one attached hydrogen (secondary N) is 1. The summed E-state index contributed by atoms with van der Waals surface area (Å²) in [5.74, 6) is 0.505. The number of ether oxygens (including phenoxy) is 1. The van der Waals surface area contributed by atoms with E-state index in [9.17, 15) is 8.42 Å². The van der Waals surface area contributed by atoms with E-state index in [4.69, 9.17) is 21.0 Å². The summed E-state index contributed by atoms with van der Waals surface area (Å²) < 4.78 is 29.1. The van der Waals surface area contributed by atoms with Gasteiger partial charge in [-0.2, -0.15) is 0 Å². The quantitative estimate of drug-likeness (QED) is 0.584. The third-order valence-corrected chi connectivity index (χ3v) is 4.77. The molecule has 0 aromatic heterocycles. The van der Waals surface area contributed by atoms with E-state index in [2.05, 4.69) is 0 Å². The van der Waals surface area contributed by atoms with Gasteiger partial charge < -0.3 is 10.5 Å². The molecule has 0 saturated carbocycles. The van der Waals surface area contributed by atoms with Crippen molar-refractivity contribution in [1.82, 2.24) is 0 Å². The maximum atomic E-state index is 11.8.